The van der Waals surface area contributed by atoms with Crippen molar-refractivity contribution in [1.29, 1.82) is 5.26 Å². The van der Waals surface area contributed by atoms with Crippen molar-refractivity contribution >= 4 is 33.3 Å². The molecule has 1 saturated heterocycles. The van der Waals surface area contributed by atoms with Gasteiger partial charge in [0.15, 0.2) is 5.82 Å². The normalized spacial score (nSPS) is 16.3. The van der Waals surface area contributed by atoms with Gasteiger partial charge in [-0.25, -0.2) is 18.7 Å². The summed E-state index contributed by atoms with van der Waals surface area (Å²) in [6.45, 7) is 5.00. The van der Waals surface area contributed by atoms with Gasteiger partial charge >= 0.3 is 6.01 Å². The molecule has 3 N–H and O–H groups in total. The Bertz CT molecular complexity index is 2100. The number of ether oxygens (including phenoxy) is 3. The van der Waals surface area contributed by atoms with Crippen LogP contribution in [0.25, 0.3) is 32.9 Å². The lowest BCUT2D eigenvalue weighted by Gasteiger charge is -2.31. The predicted molar refractivity (Wildman–Crippen MR) is 175 cm³/mol. The van der Waals surface area contributed by atoms with Crippen molar-refractivity contribution in [3.05, 3.63) is 65.4 Å². The number of aromatic hydroxyl groups is 1. The molecule has 5 heterocycles. The van der Waals surface area contributed by atoms with Gasteiger partial charge in [0.25, 0.3) is 0 Å². The number of fused-ring (bicyclic) bond motifs is 1. The first-order valence-electron chi connectivity index (χ1n) is 15.8. The number of hydrogen-bond donors (Lipinski definition) is 2. The summed E-state index contributed by atoms with van der Waals surface area (Å²) in [6.07, 6.45) is 2.85. The highest BCUT2D eigenvalue weighted by Crippen LogP contribution is 2.44. The van der Waals surface area contributed by atoms with E-state index >= 15 is 8.78 Å². The number of nitriles is 1. The zero-order valence-corrected chi connectivity index (χ0v) is 26.5. The Kier molecular flexibility index (Phi) is 8.04. The number of aromatic nitrogens is 4. The Balaban J connectivity index is 1.46. The fourth-order valence-electron chi connectivity index (χ4n) is 6.62. The summed E-state index contributed by atoms with van der Waals surface area (Å²) in [6, 6.07) is 11.2. The van der Waals surface area contributed by atoms with E-state index in [0.717, 1.165) is 5.56 Å². The van der Waals surface area contributed by atoms with Gasteiger partial charge in [0.1, 0.15) is 53.0 Å². The number of nitrogens with zero attached hydrogens (tertiary/aromatic N) is 6. The number of nitrogen functional groups attached to an aromatic ring is 1. The molecule has 48 heavy (non-hydrogen) atoms. The molecule has 1 fully saturated rings. The predicted octanol–water partition coefficient (Wildman–Crippen LogP) is 6.03. The number of anilines is 2. The molecule has 5 aromatic rings. The van der Waals surface area contributed by atoms with E-state index in [9.17, 15) is 10.4 Å². The fraction of sp³-hybridized carbons (Fsp3) is 0.343. The average Bonchev–Trinajstić information content (AvgIpc) is 3.28. The number of aryl methyl sites for hydroxylation is 1. The van der Waals surface area contributed by atoms with Gasteiger partial charge in [0, 0.05) is 30.5 Å². The first-order chi connectivity index (χ1) is 23.2. The maximum absolute atomic E-state index is 17.1. The SMILES string of the molecule is CCc1c(F)ccc2cc(O)cc(-c3nc4c5c(nc(OCC6(C#N)CCOCC6)nc5c3F)N(C(C)c3cccnc3N)CCO4)c12. The number of rotatable bonds is 7. The van der Waals surface area contributed by atoms with Crippen molar-refractivity contribution in [2.45, 2.75) is 39.2 Å². The van der Waals surface area contributed by atoms with E-state index in [4.69, 9.17) is 24.9 Å². The number of halogens is 2. The standard InChI is InChI=1S/C35H33F2N7O4/c1-3-22-25(36)7-6-20-15-21(45)16-24(26(20)22)29-28(37)30-27-32(43-34(42-30)48-18-35(17-38)8-12-46-13-9-35)44(11-14-47-33(27)41-29)19(2)23-5-4-10-40-31(23)39/h4-7,10,15-16,19,45H,3,8-9,11-14,18H2,1-2H3,(H2,39,40). The molecule has 0 amide bonds. The van der Waals surface area contributed by atoms with Crippen molar-refractivity contribution in [1.82, 2.24) is 19.9 Å². The molecule has 2 aliphatic heterocycles. The summed E-state index contributed by atoms with van der Waals surface area (Å²) in [5.74, 6) is -0.718. The van der Waals surface area contributed by atoms with Crippen LogP contribution in [0.4, 0.5) is 20.4 Å². The third-order valence-corrected chi connectivity index (χ3v) is 9.27. The Morgan fingerprint density at radius 1 is 1.12 bits per heavy atom. The van der Waals surface area contributed by atoms with Gasteiger partial charge in [-0.15, -0.1) is 0 Å². The smallest absolute Gasteiger partial charge is 0.319 e. The molecule has 3 aromatic heterocycles. The molecule has 7 rings (SSSR count). The molecule has 2 aliphatic rings. The van der Waals surface area contributed by atoms with Gasteiger partial charge in [-0.1, -0.05) is 19.1 Å². The van der Waals surface area contributed by atoms with Crippen molar-refractivity contribution < 1.29 is 28.1 Å². The van der Waals surface area contributed by atoms with Crippen LogP contribution in [0.1, 0.15) is 43.9 Å². The molecular weight excluding hydrogens is 620 g/mol. The van der Waals surface area contributed by atoms with Gasteiger partial charge in [-0.2, -0.15) is 15.2 Å². The average molecular weight is 654 g/mol. The number of phenolic OH excluding ortho intramolecular Hbond substituents is 1. The third-order valence-electron chi connectivity index (χ3n) is 9.27. The van der Waals surface area contributed by atoms with E-state index < -0.39 is 17.0 Å². The van der Waals surface area contributed by atoms with Crippen molar-refractivity contribution in [3.8, 4) is 35.0 Å². The second-order valence-electron chi connectivity index (χ2n) is 12.1. The van der Waals surface area contributed by atoms with Gasteiger partial charge < -0.3 is 30.0 Å². The van der Waals surface area contributed by atoms with Crippen LogP contribution in [-0.2, 0) is 11.2 Å². The first-order valence-corrected chi connectivity index (χ1v) is 15.8. The molecule has 2 aromatic carbocycles. The monoisotopic (exact) mass is 653 g/mol. The van der Waals surface area contributed by atoms with E-state index in [1.54, 1.807) is 19.2 Å². The number of benzene rings is 2. The molecule has 0 radical (unpaired) electrons. The Morgan fingerprint density at radius 3 is 2.69 bits per heavy atom. The molecule has 0 spiro atoms. The van der Waals surface area contributed by atoms with Crippen LogP contribution in [0, 0.1) is 28.4 Å². The number of pyridine rings is 2. The lowest BCUT2D eigenvalue weighted by molar-refractivity contribution is 0.0174. The van der Waals surface area contributed by atoms with Crippen molar-refractivity contribution in [2.24, 2.45) is 5.41 Å². The Morgan fingerprint density at radius 2 is 1.94 bits per heavy atom. The van der Waals surface area contributed by atoms with Crippen LogP contribution < -0.4 is 20.1 Å². The number of phenols is 1. The van der Waals surface area contributed by atoms with Crippen molar-refractivity contribution in [3.63, 3.8) is 0 Å². The maximum atomic E-state index is 17.1. The summed E-state index contributed by atoms with van der Waals surface area (Å²) < 4.78 is 49.9. The minimum Gasteiger partial charge on any atom is -0.508 e. The van der Waals surface area contributed by atoms with Crippen LogP contribution in [0.15, 0.2) is 42.6 Å². The molecule has 0 saturated carbocycles. The molecule has 13 heteroatoms. The Labute approximate surface area is 274 Å². The second-order valence-corrected chi connectivity index (χ2v) is 12.1. The second kappa shape index (κ2) is 12.4. The lowest BCUT2D eigenvalue weighted by atomic mass is 9.83. The van der Waals surface area contributed by atoms with Gasteiger partial charge in [0.05, 0.1) is 24.1 Å². The number of nitrogens with two attached hydrogens (primary N) is 1. The van der Waals surface area contributed by atoms with Crippen LogP contribution in [0.2, 0.25) is 0 Å². The third kappa shape index (κ3) is 5.32. The minimum atomic E-state index is -0.833. The van der Waals surface area contributed by atoms with Gasteiger partial charge in [-0.05, 0) is 66.8 Å². The van der Waals surface area contributed by atoms with E-state index in [1.165, 1.54) is 24.3 Å². The summed E-state index contributed by atoms with van der Waals surface area (Å²) in [5.41, 5.74) is 6.40. The fourth-order valence-corrected chi connectivity index (χ4v) is 6.62. The van der Waals surface area contributed by atoms with Crippen LogP contribution in [0.5, 0.6) is 17.6 Å². The van der Waals surface area contributed by atoms with Gasteiger partial charge in [-0.3, -0.25) is 0 Å². The summed E-state index contributed by atoms with van der Waals surface area (Å²) >= 11 is 0. The molecule has 246 valence electrons. The first kappa shape index (κ1) is 31.3. The minimum absolute atomic E-state index is 0.0256. The van der Waals surface area contributed by atoms with E-state index in [2.05, 4.69) is 21.0 Å². The number of hydrogen-bond acceptors (Lipinski definition) is 11. The van der Waals surface area contributed by atoms with Gasteiger partial charge in [0.2, 0.25) is 5.88 Å². The van der Waals surface area contributed by atoms with Crippen molar-refractivity contribution in [2.75, 3.05) is 43.6 Å². The van der Waals surface area contributed by atoms with E-state index in [0.29, 0.717) is 67.0 Å². The Hall–Kier alpha value is -5.35. The summed E-state index contributed by atoms with van der Waals surface area (Å²) in [4.78, 5) is 20.1. The highest BCUT2D eigenvalue weighted by Gasteiger charge is 2.36. The van der Waals surface area contributed by atoms with E-state index in [-0.39, 0.29) is 59.1 Å². The topological polar surface area (TPSA) is 153 Å². The summed E-state index contributed by atoms with van der Waals surface area (Å²) in [5, 5.41) is 21.9. The van der Waals surface area contributed by atoms with Crippen LogP contribution >= 0.6 is 0 Å². The molecule has 1 unspecified atom stereocenters. The highest BCUT2D eigenvalue weighted by molar-refractivity contribution is 6.03. The molecule has 0 bridgehead atoms. The summed E-state index contributed by atoms with van der Waals surface area (Å²) in [7, 11) is 0. The molecule has 11 nitrogen and oxygen atoms in total. The zero-order chi connectivity index (χ0) is 33.6. The largest absolute Gasteiger partial charge is 0.508 e. The van der Waals surface area contributed by atoms with Crippen LogP contribution in [-0.4, -0.2) is 58.0 Å². The molecule has 1 atom stereocenters. The quantitative estimate of drug-likeness (QED) is 0.212. The maximum Gasteiger partial charge on any atom is 0.319 e. The molecule has 0 aliphatic carbocycles. The lowest BCUT2D eigenvalue weighted by Crippen LogP contribution is -2.34. The highest BCUT2D eigenvalue weighted by atomic mass is 19.1. The van der Waals surface area contributed by atoms with E-state index in [1.807, 2.05) is 17.9 Å². The molecular formula is C35H33F2N7O4. The van der Waals surface area contributed by atoms with Crippen LogP contribution in [0.3, 0.4) is 0 Å². The zero-order valence-electron chi connectivity index (χ0n) is 26.5.